The molecule has 0 bridgehead atoms. The molecule has 0 saturated heterocycles. The van der Waals surface area contributed by atoms with Gasteiger partial charge < -0.3 is 9.88 Å². The summed E-state index contributed by atoms with van der Waals surface area (Å²) in [4.78, 5) is 8.92. The van der Waals surface area contributed by atoms with Crippen molar-refractivity contribution in [3.05, 3.63) is 28.5 Å². The Balaban J connectivity index is 2.15. The van der Waals surface area contributed by atoms with Gasteiger partial charge >= 0.3 is 0 Å². The van der Waals surface area contributed by atoms with Crippen molar-refractivity contribution in [2.24, 2.45) is 5.92 Å². The average molecular weight is 264 g/mol. The predicted octanol–water partition coefficient (Wildman–Crippen LogP) is 3.33. The summed E-state index contributed by atoms with van der Waals surface area (Å²) < 4.78 is 2.14. The van der Waals surface area contributed by atoms with Crippen molar-refractivity contribution in [1.82, 2.24) is 14.5 Å². The van der Waals surface area contributed by atoms with E-state index in [1.54, 1.807) is 11.3 Å². The fraction of sp³-hybridized carbons (Fsp3) is 0.538. The van der Waals surface area contributed by atoms with Gasteiger partial charge in [0.15, 0.2) is 0 Å². The highest BCUT2D eigenvalue weighted by Gasteiger charge is 2.14. The molecule has 1 N–H and O–H groups in total. The molecule has 0 spiro atoms. The summed E-state index contributed by atoms with van der Waals surface area (Å²) in [6.07, 6.45) is 3.84. The number of thiazole rings is 1. The largest absolute Gasteiger partial charge is 0.355 e. The van der Waals surface area contributed by atoms with Crippen LogP contribution in [0.4, 0.5) is 5.95 Å². The first-order valence-electron chi connectivity index (χ1n) is 6.26. The molecule has 0 fully saturated rings. The van der Waals surface area contributed by atoms with Gasteiger partial charge in [-0.15, -0.1) is 11.3 Å². The summed E-state index contributed by atoms with van der Waals surface area (Å²) in [6.45, 7) is 9.49. The quantitative estimate of drug-likeness (QED) is 0.900. The number of anilines is 1. The van der Waals surface area contributed by atoms with Crippen LogP contribution < -0.4 is 5.32 Å². The van der Waals surface area contributed by atoms with E-state index in [1.165, 1.54) is 0 Å². The molecule has 1 atom stereocenters. The SMILES string of the molecule is Cc1csc(C(C)n2ccnc2NCC(C)C)n1. The van der Waals surface area contributed by atoms with Crippen LogP contribution in [0.3, 0.4) is 0 Å². The molecule has 0 radical (unpaired) electrons. The average Bonchev–Trinajstić information content (AvgIpc) is 2.93. The van der Waals surface area contributed by atoms with Crippen molar-refractivity contribution in [2.45, 2.75) is 33.7 Å². The third-order valence-corrected chi connectivity index (χ3v) is 3.88. The standard InChI is InChI=1S/C13H20N4S/c1-9(2)7-15-13-14-5-6-17(13)11(4)12-16-10(3)8-18-12/h5-6,8-9,11H,7H2,1-4H3,(H,14,15). The van der Waals surface area contributed by atoms with Gasteiger partial charge in [0.2, 0.25) is 5.95 Å². The van der Waals surface area contributed by atoms with Crippen molar-refractivity contribution in [1.29, 1.82) is 0 Å². The minimum absolute atomic E-state index is 0.223. The lowest BCUT2D eigenvalue weighted by molar-refractivity contribution is 0.624. The van der Waals surface area contributed by atoms with Gasteiger partial charge in [0.05, 0.1) is 6.04 Å². The van der Waals surface area contributed by atoms with Crippen LogP contribution in [0.2, 0.25) is 0 Å². The number of nitrogens with zero attached hydrogens (tertiary/aromatic N) is 3. The Morgan fingerprint density at radius 1 is 1.39 bits per heavy atom. The summed E-state index contributed by atoms with van der Waals surface area (Å²) in [6, 6.07) is 0.223. The van der Waals surface area contributed by atoms with Crippen LogP contribution in [-0.4, -0.2) is 21.1 Å². The Bertz CT molecular complexity index is 501. The second kappa shape index (κ2) is 5.52. The number of aryl methyl sites for hydroxylation is 1. The summed E-state index contributed by atoms with van der Waals surface area (Å²) in [7, 11) is 0. The first-order valence-corrected chi connectivity index (χ1v) is 7.14. The molecule has 2 rings (SSSR count). The van der Waals surface area contributed by atoms with E-state index in [0.29, 0.717) is 5.92 Å². The van der Waals surface area contributed by atoms with E-state index in [0.717, 1.165) is 23.2 Å². The zero-order valence-corrected chi connectivity index (χ0v) is 12.2. The molecule has 2 aromatic heterocycles. The van der Waals surface area contributed by atoms with E-state index in [-0.39, 0.29) is 6.04 Å². The Labute approximate surface area is 112 Å². The van der Waals surface area contributed by atoms with Gasteiger partial charge in [-0.2, -0.15) is 0 Å². The number of imidazole rings is 1. The van der Waals surface area contributed by atoms with Gasteiger partial charge in [-0.25, -0.2) is 9.97 Å². The highest BCUT2D eigenvalue weighted by Crippen LogP contribution is 2.24. The molecule has 0 aliphatic rings. The molecule has 0 aliphatic heterocycles. The maximum Gasteiger partial charge on any atom is 0.203 e. The van der Waals surface area contributed by atoms with Crippen molar-refractivity contribution in [3.63, 3.8) is 0 Å². The molecule has 0 amide bonds. The van der Waals surface area contributed by atoms with Gasteiger partial charge in [-0.05, 0) is 19.8 Å². The lowest BCUT2D eigenvalue weighted by Gasteiger charge is -2.15. The second-order valence-electron chi connectivity index (χ2n) is 4.94. The molecule has 2 heterocycles. The van der Waals surface area contributed by atoms with Crippen LogP contribution >= 0.6 is 11.3 Å². The minimum atomic E-state index is 0.223. The zero-order chi connectivity index (χ0) is 13.1. The van der Waals surface area contributed by atoms with Crippen LogP contribution in [0.25, 0.3) is 0 Å². The number of rotatable bonds is 5. The van der Waals surface area contributed by atoms with E-state index in [9.17, 15) is 0 Å². The van der Waals surface area contributed by atoms with Crippen LogP contribution in [0.15, 0.2) is 17.8 Å². The van der Waals surface area contributed by atoms with Crippen LogP contribution in [-0.2, 0) is 0 Å². The van der Waals surface area contributed by atoms with Crippen molar-refractivity contribution < 1.29 is 0 Å². The highest BCUT2D eigenvalue weighted by atomic mass is 32.1. The zero-order valence-electron chi connectivity index (χ0n) is 11.3. The molecular formula is C13H20N4S. The van der Waals surface area contributed by atoms with Gasteiger partial charge in [-0.3, -0.25) is 0 Å². The predicted molar refractivity (Wildman–Crippen MR) is 76.2 cm³/mol. The Kier molecular flexibility index (Phi) is 4.01. The van der Waals surface area contributed by atoms with Gasteiger partial charge in [0, 0.05) is 30.0 Å². The van der Waals surface area contributed by atoms with E-state index < -0.39 is 0 Å². The fourth-order valence-corrected chi connectivity index (χ4v) is 2.59. The smallest absolute Gasteiger partial charge is 0.203 e. The highest BCUT2D eigenvalue weighted by molar-refractivity contribution is 7.09. The second-order valence-corrected chi connectivity index (χ2v) is 5.83. The number of hydrogen-bond donors (Lipinski definition) is 1. The van der Waals surface area contributed by atoms with E-state index in [1.807, 2.05) is 19.3 Å². The summed E-state index contributed by atoms with van der Waals surface area (Å²) in [5.74, 6) is 1.52. The molecule has 98 valence electrons. The third kappa shape index (κ3) is 2.90. The molecule has 18 heavy (non-hydrogen) atoms. The van der Waals surface area contributed by atoms with Crippen LogP contribution in [0, 0.1) is 12.8 Å². The van der Waals surface area contributed by atoms with E-state index >= 15 is 0 Å². The molecule has 1 unspecified atom stereocenters. The number of hydrogen-bond acceptors (Lipinski definition) is 4. The van der Waals surface area contributed by atoms with Gasteiger partial charge in [0.1, 0.15) is 5.01 Å². The maximum atomic E-state index is 4.55. The molecule has 0 aromatic carbocycles. The van der Waals surface area contributed by atoms with Crippen molar-refractivity contribution in [2.75, 3.05) is 11.9 Å². The van der Waals surface area contributed by atoms with Crippen molar-refractivity contribution >= 4 is 17.3 Å². The lowest BCUT2D eigenvalue weighted by atomic mass is 10.2. The van der Waals surface area contributed by atoms with Crippen molar-refractivity contribution in [3.8, 4) is 0 Å². The molecule has 0 aliphatic carbocycles. The molecule has 0 saturated carbocycles. The Morgan fingerprint density at radius 3 is 2.78 bits per heavy atom. The monoisotopic (exact) mass is 264 g/mol. The normalized spacial score (nSPS) is 12.9. The number of aromatic nitrogens is 3. The maximum absolute atomic E-state index is 4.55. The summed E-state index contributed by atoms with van der Waals surface area (Å²) >= 11 is 1.70. The summed E-state index contributed by atoms with van der Waals surface area (Å²) in [5.41, 5.74) is 1.08. The Hall–Kier alpha value is -1.36. The first-order chi connectivity index (χ1) is 8.58. The topological polar surface area (TPSA) is 42.7 Å². The lowest BCUT2D eigenvalue weighted by Crippen LogP contribution is -2.15. The minimum Gasteiger partial charge on any atom is -0.355 e. The molecular weight excluding hydrogens is 244 g/mol. The molecule has 2 aromatic rings. The van der Waals surface area contributed by atoms with Crippen LogP contribution in [0.1, 0.15) is 37.5 Å². The van der Waals surface area contributed by atoms with E-state index in [4.69, 9.17) is 0 Å². The number of nitrogens with one attached hydrogen (secondary N) is 1. The molecule has 4 nitrogen and oxygen atoms in total. The van der Waals surface area contributed by atoms with E-state index in [2.05, 4.69) is 46.0 Å². The third-order valence-electron chi connectivity index (χ3n) is 2.75. The summed E-state index contributed by atoms with van der Waals surface area (Å²) in [5, 5.41) is 6.59. The van der Waals surface area contributed by atoms with Gasteiger partial charge in [-0.1, -0.05) is 13.8 Å². The van der Waals surface area contributed by atoms with Gasteiger partial charge in [0.25, 0.3) is 0 Å². The first kappa shape index (κ1) is 13.1. The van der Waals surface area contributed by atoms with Crippen LogP contribution in [0.5, 0.6) is 0 Å². The fourth-order valence-electron chi connectivity index (χ4n) is 1.74. The Morgan fingerprint density at radius 2 is 2.17 bits per heavy atom. The molecule has 5 heteroatoms.